The third kappa shape index (κ3) is 5.30. The second kappa shape index (κ2) is 9.58. The minimum absolute atomic E-state index is 0.210. The van der Waals surface area contributed by atoms with E-state index in [1.54, 1.807) is 23.7 Å². The fraction of sp³-hybridized carbons (Fsp3) is 0.625. The summed E-state index contributed by atoms with van der Waals surface area (Å²) >= 11 is 0. The Morgan fingerprint density at radius 1 is 1.34 bits per heavy atom. The normalized spacial score (nSPS) is 17.4. The molecule has 1 atom stereocenters. The summed E-state index contributed by atoms with van der Waals surface area (Å²) < 4.78 is 19.5. The lowest BCUT2D eigenvalue weighted by Crippen LogP contribution is -2.45. The topological polar surface area (TPSA) is 78.2 Å². The van der Waals surface area contributed by atoms with Gasteiger partial charge in [0, 0.05) is 24.8 Å². The molecule has 8 nitrogen and oxygen atoms in total. The van der Waals surface area contributed by atoms with Crippen molar-refractivity contribution in [3.63, 3.8) is 0 Å². The van der Waals surface area contributed by atoms with Crippen molar-refractivity contribution in [3.8, 4) is 0 Å². The fourth-order valence-corrected chi connectivity index (χ4v) is 4.06. The van der Waals surface area contributed by atoms with Gasteiger partial charge in [0.05, 0.1) is 36.2 Å². The first-order valence-corrected chi connectivity index (χ1v) is 11.3. The van der Waals surface area contributed by atoms with Gasteiger partial charge in [0.1, 0.15) is 5.82 Å². The molecule has 0 N–H and O–H groups in total. The van der Waals surface area contributed by atoms with Crippen molar-refractivity contribution in [2.75, 3.05) is 31.2 Å². The smallest absolute Gasteiger partial charge is 0.340 e. The third-order valence-corrected chi connectivity index (χ3v) is 5.64. The number of nitrogens with zero attached hydrogens (tertiary/aromatic N) is 4. The maximum absolute atomic E-state index is 13.1. The van der Waals surface area contributed by atoms with E-state index in [-0.39, 0.29) is 12.2 Å². The molecule has 2 aromatic heterocycles. The maximum atomic E-state index is 13.1. The second-order valence-electron chi connectivity index (χ2n) is 9.43. The number of carbonyl (C=O) groups is 1. The highest BCUT2D eigenvalue weighted by Crippen LogP contribution is 2.37. The molecule has 0 amide bonds. The highest BCUT2D eigenvalue weighted by atomic mass is 16.6. The number of rotatable bonds is 8. The van der Waals surface area contributed by atoms with Crippen LogP contribution in [0.3, 0.4) is 0 Å². The van der Waals surface area contributed by atoms with Gasteiger partial charge in [-0.25, -0.2) is 9.78 Å². The highest BCUT2D eigenvalue weighted by Gasteiger charge is 2.38. The zero-order valence-corrected chi connectivity index (χ0v) is 20.2. The molecule has 0 aromatic carbocycles. The Morgan fingerprint density at radius 3 is 2.62 bits per heavy atom. The van der Waals surface area contributed by atoms with Crippen LogP contribution >= 0.6 is 0 Å². The van der Waals surface area contributed by atoms with E-state index in [0.29, 0.717) is 12.2 Å². The van der Waals surface area contributed by atoms with Crippen molar-refractivity contribution in [1.82, 2.24) is 14.6 Å². The number of aryl methyl sites for hydroxylation is 1. The molecule has 0 spiro atoms. The van der Waals surface area contributed by atoms with Crippen LogP contribution in [0.4, 0.5) is 5.82 Å². The van der Waals surface area contributed by atoms with E-state index in [1.165, 1.54) is 0 Å². The van der Waals surface area contributed by atoms with Crippen LogP contribution < -0.4 is 4.90 Å². The van der Waals surface area contributed by atoms with Gasteiger partial charge in [-0.05, 0) is 54.4 Å². The number of fused-ring (bicyclic) bond motifs is 1. The van der Waals surface area contributed by atoms with Gasteiger partial charge in [0.25, 0.3) is 0 Å². The lowest BCUT2D eigenvalue weighted by atomic mass is 9.92. The number of esters is 1. The van der Waals surface area contributed by atoms with Gasteiger partial charge in [0.15, 0.2) is 11.8 Å². The standard InChI is InChI=1S/C24H36N4O4/c1-8-16-31-24(7)11-14-27(15-12-24)21-19(17(3)26-18-10-13-25-28(18)21)20(22(29)30-9-2)32-23(4,5)6/h8,10,13,20H,1,9,11-12,14-16H2,2-7H3. The molecule has 0 saturated carbocycles. The average Bonchev–Trinajstić information content (AvgIpc) is 3.18. The van der Waals surface area contributed by atoms with Gasteiger partial charge < -0.3 is 19.1 Å². The quantitative estimate of drug-likeness (QED) is 0.449. The summed E-state index contributed by atoms with van der Waals surface area (Å²) in [5.41, 5.74) is 1.39. The van der Waals surface area contributed by atoms with E-state index in [4.69, 9.17) is 19.2 Å². The van der Waals surface area contributed by atoms with Gasteiger partial charge in [-0.1, -0.05) is 6.08 Å². The van der Waals surface area contributed by atoms with Crippen molar-refractivity contribution in [3.05, 3.63) is 36.2 Å². The summed E-state index contributed by atoms with van der Waals surface area (Å²) in [5.74, 6) is 0.404. The highest BCUT2D eigenvalue weighted by molar-refractivity contribution is 5.80. The molecule has 8 heteroatoms. The Morgan fingerprint density at radius 2 is 2.03 bits per heavy atom. The number of carbonyl (C=O) groups excluding carboxylic acids is 1. The van der Waals surface area contributed by atoms with Crippen LogP contribution in [0.25, 0.3) is 5.65 Å². The van der Waals surface area contributed by atoms with Crippen LogP contribution in [0.1, 0.15) is 64.8 Å². The van der Waals surface area contributed by atoms with E-state index in [0.717, 1.165) is 43.1 Å². The van der Waals surface area contributed by atoms with E-state index < -0.39 is 17.7 Å². The summed E-state index contributed by atoms with van der Waals surface area (Å²) in [5, 5.41) is 4.53. The fourth-order valence-electron chi connectivity index (χ4n) is 4.06. The molecule has 3 rings (SSSR count). The molecule has 2 aromatic rings. The minimum Gasteiger partial charge on any atom is -0.464 e. The number of hydrogen-bond donors (Lipinski definition) is 0. The molecule has 176 valence electrons. The number of anilines is 1. The van der Waals surface area contributed by atoms with Crippen LogP contribution in [0.15, 0.2) is 24.9 Å². The monoisotopic (exact) mass is 444 g/mol. The molecule has 1 aliphatic rings. The number of piperidine rings is 1. The van der Waals surface area contributed by atoms with Crippen LogP contribution in [-0.2, 0) is 19.0 Å². The lowest BCUT2D eigenvalue weighted by Gasteiger charge is -2.41. The summed E-state index contributed by atoms with van der Waals surface area (Å²) in [6.07, 6.45) is 4.28. The summed E-state index contributed by atoms with van der Waals surface area (Å²) in [7, 11) is 0. The van der Waals surface area contributed by atoms with Crippen molar-refractivity contribution < 1.29 is 19.0 Å². The molecule has 1 fully saturated rings. The molecular formula is C24H36N4O4. The largest absolute Gasteiger partial charge is 0.464 e. The molecule has 3 heterocycles. The van der Waals surface area contributed by atoms with Gasteiger partial charge in [-0.3, -0.25) is 0 Å². The molecule has 1 saturated heterocycles. The molecule has 0 radical (unpaired) electrons. The second-order valence-corrected chi connectivity index (χ2v) is 9.43. The van der Waals surface area contributed by atoms with Crippen molar-refractivity contribution in [2.45, 2.75) is 71.7 Å². The van der Waals surface area contributed by atoms with Crippen LogP contribution in [0.5, 0.6) is 0 Å². The zero-order chi connectivity index (χ0) is 23.5. The third-order valence-electron chi connectivity index (χ3n) is 5.64. The van der Waals surface area contributed by atoms with E-state index in [2.05, 4.69) is 23.5 Å². The number of ether oxygens (including phenoxy) is 3. The Balaban J connectivity index is 2.07. The van der Waals surface area contributed by atoms with E-state index in [9.17, 15) is 4.79 Å². The molecule has 0 aliphatic carbocycles. The Labute approximate surface area is 190 Å². The summed E-state index contributed by atoms with van der Waals surface area (Å²) in [6, 6.07) is 1.87. The van der Waals surface area contributed by atoms with Crippen molar-refractivity contribution >= 4 is 17.4 Å². The van der Waals surface area contributed by atoms with Gasteiger partial charge in [-0.2, -0.15) is 9.61 Å². The Kier molecular flexibility index (Phi) is 7.25. The molecule has 1 aliphatic heterocycles. The Bertz CT molecular complexity index is 955. The SMILES string of the molecule is C=CCOC1(C)CCN(c2c(C(OC(C)(C)C)C(=O)OCC)c(C)nc3ccnn23)CC1. The number of hydrogen-bond acceptors (Lipinski definition) is 7. The Hall–Kier alpha value is -2.45. The minimum atomic E-state index is -0.906. The van der Waals surface area contributed by atoms with E-state index >= 15 is 0 Å². The van der Waals surface area contributed by atoms with Gasteiger partial charge in [0.2, 0.25) is 0 Å². The van der Waals surface area contributed by atoms with Crippen LogP contribution in [0, 0.1) is 6.92 Å². The van der Waals surface area contributed by atoms with Crippen LogP contribution in [-0.4, -0.2) is 58.1 Å². The predicted octanol–water partition coefficient (Wildman–Crippen LogP) is 4.02. The lowest BCUT2D eigenvalue weighted by molar-refractivity contribution is -0.166. The molecular weight excluding hydrogens is 408 g/mol. The molecule has 0 bridgehead atoms. The first kappa shape index (κ1) is 24.2. The van der Waals surface area contributed by atoms with E-state index in [1.807, 2.05) is 33.8 Å². The summed E-state index contributed by atoms with van der Waals surface area (Å²) in [4.78, 5) is 20.0. The molecule has 1 unspecified atom stereocenters. The van der Waals surface area contributed by atoms with Crippen molar-refractivity contribution in [2.24, 2.45) is 0 Å². The zero-order valence-electron chi connectivity index (χ0n) is 20.2. The van der Waals surface area contributed by atoms with Gasteiger partial charge >= 0.3 is 5.97 Å². The van der Waals surface area contributed by atoms with Crippen molar-refractivity contribution in [1.29, 1.82) is 0 Å². The first-order chi connectivity index (χ1) is 15.1. The maximum Gasteiger partial charge on any atom is 0.340 e. The average molecular weight is 445 g/mol. The number of aromatic nitrogens is 3. The first-order valence-electron chi connectivity index (χ1n) is 11.3. The predicted molar refractivity (Wildman–Crippen MR) is 124 cm³/mol. The van der Waals surface area contributed by atoms with Crippen LogP contribution in [0.2, 0.25) is 0 Å². The van der Waals surface area contributed by atoms with Gasteiger partial charge in [-0.15, -0.1) is 6.58 Å². The summed E-state index contributed by atoms with van der Waals surface area (Å²) in [6.45, 7) is 17.7. The molecule has 32 heavy (non-hydrogen) atoms.